The average molecular weight is 253 g/mol. The number of halogens is 1. The molecule has 0 spiro atoms. The van der Waals surface area contributed by atoms with E-state index in [1.165, 1.54) is 0 Å². The lowest BCUT2D eigenvalue weighted by Gasteiger charge is -2.02. The molecule has 0 aliphatic carbocycles. The van der Waals surface area contributed by atoms with E-state index in [2.05, 4.69) is 25.9 Å². The van der Waals surface area contributed by atoms with Crippen molar-refractivity contribution in [1.29, 1.82) is 0 Å². The van der Waals surface area contributed by atoms with Gasteiger partial charge in [0, 0.05) is 10.7 Å². The molecule has 0 unspecified atom stereocenters. The van der Waals surface area contributed by atoms with E-state index < -0.39 is 0 Å². The van der Waals surface area contributed by atoms with Crippen LogP contribution in [0.1, 0.15) is 5.69 Å². The topological polar surface area (TPSA) is 56.7 Å². The third-order valence-corrected chi connectivity index (χ3v) is 2.53. The lowest BCUT2D eigenvalue weighted by molar-refractivity contribution is 0.992. The molecule has 0 aliphatic heterocycles. The van der Waals surface area contributed by atoms with Crippen LogP contribution in [0.3, 0.4) is 0 Å². The molecule has 0 bridgehead atoms. The van der Waals surface area contributed by atoms with E-state index in [1.54, 1.807) is 12.5 Å². The van der Waals surface area contributed by atoms with Crippen molar-refractivity contribution >= 4 is 21.6 Å². The Balaban J connectivity index is 2.47. The zero-order valence-electron chi connectivity index (χ0n) is 7.61. The molecule has 72 valence electrons. The summed E-state index contributed by atoms with van der Waals surface area (Å²) in [6.45, 7) is 1.93. The van der Waals surface area contributed by atoms with Crippen LogP contribution < -0.4 is 5.73 Å². The first-order valence-electron chi connectivity index (χ1n) is 4.09. The van der Waals surface area contributed by atoms with Gasteiger partial charge in [-0.25, -0.2) is 9.97 Å². The van der Waals surface area contributed by atoms with Crippen LogP contribution in [-0.2, 0) is 0 Å². The number of hydrogen-bond donors (Lipinski definition) is 1. The molecule has 0 saturated carbocycles. The molecule has 2 aromatic rings. The van der Waals surface area contributed by atoms with Gasteiger partial charge in [-0.15, -0.1) is 0 Å². The van der Waals surface area contributed by atoms with Crippen LogP contribution in [0.25, 0.3) is 5.82 Å². The second-order valence-corrected chi connectivity index (χ2v) is 3.84. The van der Waals surface area contributed by atoms with Gasteiger partial charge in [-0.2, -0.15) is 0 Å². The first-order chi connectivity index (χ1) is 6.66. The molecule has 0 saturated heterocycles. The summed E-state index contributed by atoms with van der Waals surface area (Å²) in [7, 11) is 0. The zero-order valence-corrected chi connectivity index (χ0v) is 9.19. The van der Waals surface area contributed by atoms with E-state index in [1.807, 2.05) is 23.8 Å². The van der Waals surface area contributed by atoms with Crippen LogP contribution in [0.4, 0.5) is 5.69 Å². The predicted octanol–water partition coefficient (Wildman–Crippen LogP) is 1.92. The summed E-state index contributed by atoms with van der Waals surface area (Å²) in [5.74, 6) is 0.798. The number of nitrogens with two attached hydrogens (primary N) is 1. The van der Waals surface area contributed by atoms with Gasteiger partial charge in [0.2, 0.25) is 0 Å². The maximum atomic E-state index is 5.64. The first-order valence-corrected chi connectivity index (χ1v) is 4.88. The third-order valence-electron chi connectivity index (χ3n) is 1.84. The van der Waals surface area contributed by atoms with Crippen LogP contribution >= 0.6 is 15.9 Å². The molecule has 14 heavy (non-hydrogen) atoms. The summed E-state index contributed by atoms with van der Waals surface area (Å²) in [4.78, 5) is 8.31. The van der Waals surface area contributed by atoms with Gasteiger partial charge in [0.25, 0.3) is 0 Å². The number of nitrogen functional groups attached to an aromatic ring is 1. The number of aryl methyl sites for hydroxylation is 1. The number of pyridine rings is 1. The van der Waals surface area contributed by atoms with Gasteiger partial charge in [-0.1, -0.05) is 0 Å². The summed E-state index contributed by atoms with van der Waals surface area (Å²) in [5, 5.41) is 0. The highest BCUT2D eigenvalue weighted by Crippen LogP contribution is 2.20. The molecular weight excluding hydrogens is 244 g/mol. The summed E-state index contributed by atoms with van der Waals surface area (Å²) in [6, 6.07) is 1.86. The van der Waals surface area contributed by atoms with E-state index in [0.717, 1.165) is 16.0 Å². The van der Waals surface area contributed by atoms with Crippen molar-refractivity contribution < 1.29 is 0 Å². The summed E-state index contributed by atoms with van der Waals surface area (Å²) in [6.07, 6.45) is 5.25. The predicted molar refractivity (Wildman–Crippen MR) is 58.2 cm³/mol. The zero-order chi connectivity index (χ0) is 10.1. The van der Waals surface area contributed by atoms with Crippen molar-refractivity contribution in [3.05, 3.63) is 35.0 Å². The number of hydrogen-bond acceptors (Lipinski definition) is 3. The van der Waals surface area contributed by atoms with E-state index in [9.17, 15) is 0 Å². The van der Waals surface area contributed by atoms with Crippen molar-refractivity contribution in [2.45, 2.75) is 6.92 Å². The average Bonchev–Trinajstić information content (AvgIpc) is 2.57. The lowest BCUT2D eigenvalue weighted by atomic mass is 10.4. The molecule has 2 aromatic heterocycles. The Labute approximate surface area is 89.9 Å². The molecule has 5 heteroatoms. The molecule has 2 heterocycles. The smallest absolute Gasteiger partial charge is 0.139 e. The maximum absolute atomic E-state index is 5.64. The van der Waals surface area contributed by atoms with Crippen LogP contribution in [0.5, 0.6) is 0 Å². The van der Waals surface area contributed by atoms with Crippen molar-refractivity contribution in [3.63, 3.8) is 0 Å². The van der Waals surface area contributed by atoms with Gasteiger partial charge < -0.3 is 5.73 Å². The van der Waals surface area contributed by atoms with Gasteiger partial charge in [0.15, 0.2) is 0 Å². The van der Waals surface area contributed by atoms with Crippen LogP contribution in [0, 0.1) is 6.92 Å². The number of anilines is 1. The van der Waals surface area contributed by atoms with E-state index in [0.29, 0.717) is 5.69 Å². The molecule has 0 amide bonds. The van der Waals surface area contributed by atoms with Gasteiger partial charge in [0.05, 0.1) is 17.6 Å². The minimum Gasteiger partial charge on any atom is -0.397 e. The van der Waals surface area contributed by atoms with Crippen LogP contribution in [0.2, 0.25) is 0 Å². The summed E-state index contributed by atoms with van der Waals surface area (Å²) in [5.41, 5.74) is 7.23. The Hall–Kier alpha value is -1.36. The molecule has 0 aliphatic rings. The summed E-state index contributed by atoms with van der Waals surface area (Å²) < 4.78 is 2.69. The third kappa shape index (κ3) is 1.63. The Morgan fingerprint density at radius 1 is 1.43 bits per heavy atom. The number of nitrogens with zero attached hydrogens (tertiary/aromatic N) is 3. The number of aromatic nitrogens is 3. The molecule has 2 N–H and O–H groups in total. The Morgan fingerprint density at radius 2 is 2.21 bits per heavy atom. The molecule has 0 radical (unpaired) electrons. The fraction of sp³-hybridized carbons (Fsp3) is 0.111. The van der Waals surface area contributed by atoms with Crippen LogP contribution in [-0.4, -0.2) is 14.5 Å². The van der Waals surface area contributed by atoms with E-state index in [-0.39, 0.29) is 0 Å². The monoisotopic (exact) mass is 252 g/mol. The second-order valence-electron chi connectivity index (χ2n) is 2.99. The fourth-order valence-electron chi connectivity index (χ4n) is 1.12. The minimum atomic E-state index is 0.630. The largest absolute Gasteiger partial charge is 0.397 e. The summed E-state index contributed by atoms with van der Waals surface area (Å²) >= 11 is 3.35. The number of imidazole rings is 1. The SMILES string of the molecule is Cc1cn(-c2cc(Br)c(N)cn2)cn1. The molecular formula is C9H9BrN4. The minimum absolute atomic E-state index is 0.630. The van der Waals surface area contributed by atoms with Crippen molar-refractivity contribution in [2.75, 3.05) is 5.73 Å². The number of rotatable bonds is 1. The van der Waals surface area contributed by atoms with Crippen molar-refractivity contribution in [1.82, 2.24) is 14.5 Å². The van der Waals surface area contributed by atoms with Gasteiger partial charge in [-0.3, -0.25) is 4.57 Å². The Bertz CT molecular complexity index is 464. The van der Waals surface area contributed by atoms with Crippen LogP contribution in [0.15, 0.2) is 29.3 Å². The normalized spacial score (nSPS) is 10.4. The fourth-order valence-corrected chi connectivity index (χ4v) is 1.43. The Morgan fingerprint density at radius 3 is 2.79 bits per heavy atom. The van der Waals surface area contributed by atoms with Crippen molar-refractivity contribution in [3.8, 4) is 5.82 Å². The van der Waals surface area contributed by atoms with Gasteiger partial charge >= 0.3 is 0 Å². The molecule has 0 aromatic carbocycles. The highest BCUT2D eigenvalue weighted by molar-refractivity contribution is 9.10. The molecule has 2 rings (SSSR count). The highest BCUT2D eigenvalue weighted by atomic mass is 79.9. The molecule has 0 fully saturated rings. The lowest BCUT2D eigenvalue weighted by Crippen LogP contribution is -1.96. The quantitative estimate of drug-likeness (QED) is 0.844. The molecule has 0 atom stereocenters. The Kier molecular flexibility index (Phi) is 2.25. The maximum Gasteiger partial charge on any atom is 0.139 e. The second kappa shape index (κ2) is 3.42. The van der Waals surface area contributed by atoms with Crippen molar-refractivity contribution in [2.24, 2.45) is 0 Å². The van der Waals surface area contributed by atoms with Gasteiger partial charge in [0.1, 0.15) is 12.1 Å². The molecule has 4 nitrogen and oxygen atoms in total. The standard InChI is InChI=1S/C9H9BrN4/c1-6-4-14(5-13-6)9-2-7(10)8(11)3-12-9/h2-5H,11H2,1H3. The van der Waals surface area contributed by atoms with E-state index in [4.69, 9.17) is 5.73 Å². The van der Waals surface area contributed by atoms with Gasteiger partial charge in [-0.05, 0) is 28.9 Å². The highest BCUT2D eigenvalue weighted by Gasteiger charge is 2.01. The van der Waals surface area contributed by atoms with E-state index >= 15 is 0 Å². The first kappa shape index (κ1) is 9.21.